The summed E-state index contributed by atoms with van der Waals surface area (Å²) in [5, 5.41) is 1.41. The van der Waals surface area contributed by atoms with Gasteiger partial charge in [0.2, 0.25) is 0 Å². The van der Waals surface area contributed by atoms with Crippen LogP contribution in [-0.2, 0) is 14.3 Å². The van der Waals surface area contributed by atoms with Crippen molar-refractivity contribution < 1.29 is 14.3 Å². The molecule has 0 saturated heterocycles. The lowest BCUT2D eigenvalue weighted by atomic mass is 10.4. The van der Waals surface area contributed by atoms with Gasteiger partial charge in [-0.2, -0.15) is 0 Å². The van der Waals surface area contributed by atoms with Gasteiger partial charge >= 0.3 is 5.97 Å². The van der Waals surface area contributed by atoms with Crippen molar-refractivity contribution in [1.29, 1.82) is 0 Å². The van der Waals surface area contributed by atoms with E-state index >= 15 is 0 Å². The Bertz CT molecular complexity index is 481. The highest BCUT2D eigenvalue weighted by molar-refractivity contribution is 6.87. The highest BCUT2D eigenvalue weighted by atomic mass is 28.3. The molecule has 0 aromatic rings. The molecule has 1 heterocycles. The smallest absolute Gasteiger partial charge is 0.335 e. The third-order valence-electron chi connectivity index (χ3n) is 2.73. The minimum absolute atomic E-state index is 0.263. The van der Waals surface area contributed by atoms with Crippen LogP contribution in [0.4, 0.5) is 0 Å². The van der Waals surface area contributed by atoms with Crippen molar-refractivity contribution in [1.82, 2.24) is 0 Å². The Hall–Kier alpha value is -1.17. The maximum absolute atomic E-state index is 11.8. The van der Waals surface area contributed by atoms with E-state index in [0.717, 1.165) is 5.20 Å². The molecular formula is C13H20O3Si2. The normalized spacial score (nSPS) is 18.4. The second-order valence-corrected chi connectivity index (χ2v) is 16.6. The van der Waals surface area contributed by atoms with Gasteiger partial charge in [-0.05, 0) is 12.2 Å². The van der Waals surface area contributed by atoms with E-state index in [1.807, 2.05) is 5.94 Å². The molecule has 1 rings (SSSR count). The zero-order chi connectivity index (χ0) is 14.1. The van der Waals surface area contributed by atoms with Crippen LogP contribution in [0.3, 0.4) is 0 Å². The molecule has 0 spiro atoms. The molecule has 0 fully saturated rings. The van der Waals surface area contributed by atoms with E-state index in [4.69, 9.17) is 4.74 Å². The molecule has 0 unspecified atom stereocenters. The van der Waals surface area contributed by atoms with E-state index in [0.29, 0.717) is 11.0 Å². The van der Waals surface area contributed by atoms with Crippen LogP contribution in [0.15, 0.2) is 28.3 Å². The molecule has 0 bridgehead atoms. The number of carbonyl (C=O) groups is 1. The largest absolute Gasteiger partial charge is 0.423 e. The highest BCUT2D eigenvalue weighted by Crippen LogP contribution is 2.27. The van der Waals surface area contributed by atoms with E-state index in [1.54, 1.807) is 12.2 Å². The molecular weight excluding hydrogens is 260 g/mol. The Morgan fingerprint density at radius 2 is 1.78 bits per heavy atom. The van der Waals surface area contributed by atoms with Gasteiger partial charge in [-0.25, -0.2) is 9.59 Å². The summed E-state index contributed by atoms with van der Waals surface area (Å²) in [5.74, 6) is 2.20. The molecule has 5 heteroatoms. The lowest BCUT2D eigenvalue weighted by molar-refractivity contribution is -0.132. The lowest BCUT2D eigenvalue weighted by Gasteiger charge is -2.13. The van der Waals surface area contributed by atoms with Crippen LogP contribution < -0.4 is 0 Å². The molecule has 98 valence electrons. The molecule has 0 saturated carbocycles. The number of cyclic esters (lactones) is 1. The fourth-order valence-electron chi connectivity index (χ4n) is 1.53. The zero-order valence-corrected chi connectivity index (χ0v) is 13.9. The molecule has 0 atom stereocenters. The molecule has 0 aliphatic carbocycles. The van der Waals surface area contributed by atoms with E-state index in [2.05, 4.69) is 39.3 Å². The van der Waals surface area contributed by atoms with Gasteiger partial charge in [-0.1, -0.05) is 39.3 Å². The van der Waals surface area contributed by atoms with Gasteiger partial charge < -0.3 is 4.74 Å². The average Bonchev–Trinajstić information content (AvgIpc) is 2.53. The summed E-state index contributed by atoms with van der Waals surface area (Å²) in [4.78, 5) is 22.7. The Kier molecular flexibility index (Phi) is 4.00. The standard InChI is InChI=1S/C13H20O3Si2/c1-17(2,3)11(9-14)7-10-8-12(13(15)16-10)18(4,5)6/h7-8H,1-6H3/b10-7-. The van der Waals surface area contributed by atoms with Crippen LogP contribution in [0.2, 0.25) is 39.3 Å². The Morgan fingerprint density at radius 3 is 2.11 bits per heavy atom. The minimum Gasteiger partial charge on any atom is -0.423 e. The maximum atomic E-state index is 11.8. The van der Waals surface area contributed by atoms with Crippen LogP contribution in [0.5, 0.6) is 0 Å². The Morgan fingerprint density at radius 1 is 1.22 bits per heavy atom. The summed E-state index contributed by atoms with van der Waals surface area (Å²) in [6.45, 7) is 12.5. The Labute approximate surface area is 110 Å². The van der Waals surface area contributed by atoms with Crippen molar-refractivity contribution in [3.63, 3.8) is 0 Å². The van der Waals surface area contributed by atoms with Gasteiger partial charge in [0.1, 0.15) is 11.7 Å². The van der Waals surface area contributed by atoms with Crippen LogP contribution in [-0.4, -0.2) is 28.1 Å². The third kappa shape index (κ3) is 3.41. The van der Waals surface area contributed by atoms with Crippen molar-refractivity contribution >= 4 is 28.1 Å². The van der Waals surface area contributed by atoms with E-state index < -0.39 is 16.1 Å². The highest BCUT2D eigenvalue weighted by Gasteiger charge is 2.33. The molecule has 0 radical (unpaired) electrons. The quantitative estimate of drug-likeness (QED) is 0.453. The fourth-order valence-corrected chi connectivity index (χ4v) is 3.65. The summed E-state index contributed by atoms with van der Waals surface area (Å²) in [6, 6.07) is 0. The number of hydrogen-bond donors (Lipinski definition) is 0. The number of allylic oxidation sites excluding steroid dienone is 3. The first-order chi connectivity index (χ1) is 8.05. The predicted molar refractivity (Wildman–Crippen MR) is 78.2 cm³/mol. The second-order valence-electron chi connectivity index (χ2n) is 6.51. The van der Waals surface area contributed by atoms with E-state index in [9.17, 15) is 9.59 Å². The average molecular weight is 280 g/mol. The molecule has 0 aromatic heterocycles. The number of carbonyl (C=O) groups excluding carboxylic acids is 2. The summed E-state index contributed by atoms with van der Waals surface area (Å²) < 4.78 is 5.21. The summed E-state index contributed by atoms with van der Waals surface area (Å²) in [7, 11) is -3.42. The first-order valence-corrected chi connectivity index (χ1v) is 13.0. The predicted octanol–water partition coefficient (Wildman–Crippen LogP) is 2.87. The third-order valence-corrected chi connectivity index (χ3v) is 6.56. The van der Waals surface area contributed by atoms with Crippen molar-refractivity contribution in [2.45, 2.75) is 39.3 Å². The lowest BCUT2D eigenvalue weighted by Crippen LogP contribution is -2.27. The van der Waals surface area contributed by atoms with Gasteiger partial charge in [0, 0.05) is 10.4 Å². The summed E-state index contributed by atoms with van der Waals surface area (Å²) in [6.07, 6.45) is 3.45. The molecule has 1 aliphatic rings. The molecule has 1 aliphatic heterocycles. The maximum Gasteiger partial charge on any atom is 0.335 e. The SMILES string of the molecule is C[Si](C)(C)C(=C=O)/C=C1/C=C([Si](C)(C)C)C(=O)O1. The summed E-state index contributed by atoms with van der Waals surface area (Å²) >= 11 is 0. The van der Waals surface area contributed by atoms with Crippen molar-refractivity contribution in [3.05, 3.63) is 28.3 Å². The van der Waals surface area contributed by atoms with E-state index in [1.165, 1.54) is 0 Å². The van der Waals surface area contributed by atoms with Crippen LogP contribution in [0.25, 0.3) is 0 Å². The second kappa shape index (κ2) is 4.84. The van der Waals surface area contributed by atoms with Gasteiger partial charge in [0.25, 0.3) is 0 Å². The number of esters is 1. The molecule has 0 N–H and O–H groups in total. The van der Waals surface area contributed by atoms with Gasteiger partial charge in [-0.3, -0.25) is 0 Å². The summed E-state index contributed by atoms with van der Waals surface area (Å²) in [5.41, 5.74) is 0. The van der Waals surface area contributed by atoms with E-state index in [-0.39, 0.29) is 5.97 Å². The molecule has 18 heavy (non-hydrogen) atoms. The minimum atomic E-state index is -1.74. The monoisotopic (exact) mass is 280 g/mol. The van der Waals surface area contributed by atoms with Gasteiger partial charge in [-0.15, -0.1) is 0 Å². The Balaban J connectivity index is 3.13. The molecule has 0 amide bonds. The van der Waals surface area contributed by atoms with Gasteiger partial charge in [0.05, 0.1) is 16.1 Å². The van der Waals surface area contributed by atoms with Crippen LogP contribution in [0.1, 0.15) is 0 Å². The topological polar surface area (TPSA) is 43.4 Å². The van der Waals surface area contributed by atoms with Gasteiger partial charge in [0.15, 0.2) is 0 Å². The van der Waals surface area contributed by atoms with Crippen LogP contribution in [0, 0.1) is 0 Å². The first-order valence-electron chi connectivity index (χ1n) is 5.97. The van der Waals surface area contributed by atoms with Crippen molar-refractivity contribution in [2.75, 3.05) is 0 Å². The fraction of sp³-hybridized carbons (Fsp3) is 0.462. The first kappa shape index (κ1) is 14.9. The zero-order valence-electron chi connectivity index (χ0n) is 11.9. The van der Waals surface area contributed by atoms with Crippen molar-refractivity contribution in [3.8, 4) is 0 Å². The number of rotatable bonds is 3. The molecule has 0 aromatic carbocycles. The number of hydrogen-bond acceptors (Lipinski definition) is 3. The number of ether oxygens (including phenoxy) is 1. The van der Waals surface area contributed by atoms with Crippen molar-refractivity contribution in [2.24, 2.45) is 0 Å². The molecule has 3 nitrogen and oxygen atoms in total. The van der Waals surface area contributed by atoms with Crippen LogP contribution >= 0.6 is 0 Å².